The van der Waals surface area contributed by atoms with E-state index in [4.69, 9.17) is 52.1 Å². The molecule has 0 radical (unpaired) electrons. The quantitative estimate of drug-likeness (QED) is 0.0643. The van der Waals surface area contributed by atoms with Gasteiger partial charge in [-0.1, -0.05) is 0 Å². The first-order chi connectivity index (χ1) is 33.9. The second-order valence-corrected chi connectivity index (χ2v) is 18.3. The minimum absolute atomic E-state index is 0.728. The van der Waals surface area contributed by atoms with Crippen molar-refractivity contribution in [3.8, 4) is 0 Å². The van der Waals surface area contributed by atoms with E-state index in [1.54, 1.807) is 0 Å². The van der Waals surface area contributed by atoms with Crippen molar-refractivity contribution < 1.29 is 149 Å². The highest BCUT2D eigenvalue weighted by molar-refractivity contribution is 5.73. The van der Waals surface area contributed by atoms with Gasteiger partial charge in [-0.05, 0) is 6.92 Å². The highest BCUT2D eigenvalue weighted by Gasteiger charge is 2.57. The average Bonchev–Trinajstić information content (AvgIpc) is 3.34. The summed E-state index contributed by atoms with van der Waals surface area (Å²) >= 11 is 0. The van der Waals surface area contributed by atoms with Gasteiger partial charge in [0.1, 0.15) is 140 Å². The van der Waals surface area contributed by atoms with Crippen LogP contribution in [0, 0.1) is 0 Å². The maximum Gasteiger partial charge on any atom is 0.217 e. The number of ether oxygens (including phenoxy) is 11. The fourth-order valence-electron chi connectivity index (χ4n) is 9.06. The number of nitrogens with one attached hydrogen (secondary N) is 2. The Morgan fingerprint density at radius 1 is 0.389 bits per heavy atom. The zero-order valence-corrected chi connectivity index (χ0v) is 38.8. The molecule has 0 aromatic carbocycles. The summed E-state index contributed by atoms with van der Waals surface area (Å²) in [6, 6.07) is -3.40. The Balaban J connectivity index is 1.26. The van der Waals surface area contributed by atoms with E-state index >= 15 is 0 Å². The van der Waals surface area contributed by atoms with E-state index in [1.165, 1.54) is 6.92 Å². The normalized spacial score (nSPS) is 50.3. The van der Waals surface area contributed by atoms with Crippen LogP contribution in [0.2, 0.25) is 0 Å². The van der Waals surface area contributed by atoms with E-state index in [1.807, 2.05) is 0 Å². The molecule has 72 heavy (non-hydrogen) atoms. The number of carbonyl (C=O) groups is 2. The molecular formula is C40H68N2O30. The predicted molar refractivity (Wildman–Crippen MR) is 221 cm³/mol. The number of rotatable bonds is 17. The van der Waals surface area contributed by atoms with E-state index in [2.05, 4.69) is 10.6 Å². The lowest BCUT2D eigenvalue weighted by Gasteiger charge is -2.50. The SMILES string of the molecule is CC(=O)N[C@H]1[C@H](O[C@H]2[C@H](O)[C@@H](NC(C)=O)C(O)O[C@@H]2COC2O[C@@H](C)[C@@H](O)[C@@H](O)[C@@H]2O)O[C@H](CO)[C@@H](O[C@@H]2O[C@H](CO[C@H]3O[C@H](CO)[C@@H](O)[C@H](O)[C@@H]3O)[C@@H](O)[C@H](O[C@H]3O[C@H](CO)[C@@H](O)[C@H](O)[C@@H]3O)[C@@H]2O)[C@@H]1O. The van der Waals surface area contributed by atoms with Crippen LogP contribution in [0.5, 0.6) is 0 Å². The van der Waals surface area contributed by atoms with Crippen LogP contribution < -0.4 is 10.6 Å². The van der Waals surface area contributed by atoms with E-state index < -0.39 is 229 Å². The third kappa shape index (κ3) is 12.8. The minimum Gasteiger partial charge on any atom is -0.394 e. The summed E-state index contributed by atoms with van der Waals surface area (Å²) in [7, 11) is 0. The summed E-state index contributed by atoms with van der Waals surface area (Å²) < 4.78 is 62.8. The monoisotopic (exact) mass is 1060 g/mol. The molecule has 6 rings (SSSR count). The molecule has 32 nitrogen and oxygen atoms in total. The molecule has 2 unspecified atom stereocenters. The van der Waals surface area contributed by atoms with Gasteiger partial charge in [0.25, 0.3) is 0 Å². The lowest BCUT2D eigenvalue weighted by Crippen LogP contribution is -2.70. The molecular weight excluding hydrogens is 988 g/mol. The molecule has 0 saturated carbocycles. The highest BCUT2D eigenvalue weighted by Crippen LogP contribution is 2.36. The van der Waals surface area contributed by atoms with Gasteiger partial charge in [-0.2, -0.15) is 0 Å². The van der Waals surface area contributed by atoms with Crippen molar-refractivity contribution in [1.29, 1.82) is 0 Å². The van der Waals surface area contributed by atoms with E-state index in [0.29, 0.717) is 0 Å². The third-order valence-electron chi connectivity index (χ3n) is 13.2. The lowest BCUT2D eigenvalue weighted by molar-refractivity contribution is -0.384. The summed E-state index contributed by atoms with van der Waals surface area (Å²) in [6.45, 7) is -1.00. The molecule has 2 amide bonds. The van der Waals surface area contributed by atoms with Crippen molar-refractivity contribution in [3.05, 3.63) is 0 Å². The van der Waals surface area contributed by atoms with Crippen LogP contribution in [0.25, 0.3) is 0 Å². The Bertz CT molecular complexity index is 1730. The zero-order chi connectivity index (χ0) is 53.2. The van der Waals surface area contributed by atoms with Crippen molar-refractivity contribution in [2.45, 2.75) is 205 Å². The summed E-state index contributed by atoms with van der Waals surface area (Å²) in [5, 5.41) is 186. The Morgan fingerprint density at radius 2 is 0.792 bits per heavy atom. The molecule has 6 aliphatic rings. The second kappa shape index (κ2) is 25.3. The molecule has 30 atom stereocenters. The average molecular weight is 1060 g/mol. The molecule has 6 saturated heterocycles. The molecule has 32 heteroatoms. The number of amides is 2. The van der Waals surface area contributed by atoms with Crippen LogP contribution in [0.1, 0.15) is 20.8 Å². The van der Waals surface area contributed by atoms with Crippen molar-refractivity contribution in [2.24, 2.45) is 0 Å². The Morgan fingerprint density at radius 3 is 1.35 bits per heavy atom. The smallest absolute Gasteiger partial charge is 0.217 e. The van der Waals surface area contributed by atoms with Crippen LogP contribution in [0.3, 0.4) is 0 Å². The van der Waals surface area contributed by atoms with Crippen molar-refractivity contribution in [2.75, 3.05) is 33.0 Å². The first kappa shape index (κ1) is 59.1. The van der Waals surface area contributed by atoms with Gasteiger partial charge in [-0.15, -0.1) is 0 Å². The van der Waals surface area contributed by atoms with E-state index in [9.17, 15) is 96.4 Å². The van der Waals surface area contributed by atoms with Gasteiger partial charge < -0.3 is 150 Å². The molecule has 0 spiro atoms. The number of hydrogen-bond donors (Lipinski definition) is 19. The largest absolute Gasteiger partial charge is 0.394 e. The van der Waals surface area contributed by atoms with Crippen molar-refractivity contribution in [3.63, 3.8) is 0 Å². The first-order valence-electron chi connectivity index (χ1n) is 23.0. The maximum absolute atomic E-state index is 12.7. The van der Waals surface area contributed by atoms with Crippen LogP contribution in [-0.2, 0) is 61.7 Å². The topological polar surface area (TPSA) is 504 Å². The van der Waals surface area contributed by atoms with Gasteiger partial charge in [0, 0.05) is 13.8 Å². The van der Waals surface area contributed by atoms with Crippen molar-refractivity contribution in [1.82, 2.24) is 10.6 Å². The Kier molecular flexibility index (Phi) is 20.8. The van der Waals surface area contributed by atoms with Crippen LogP contribution in [0.15, 0.2) is 0 Å². The van der Waals surface area contributed by atoms with E-state index in [0.717, 1.165) is 13.8 Å². The van der Waals surface area contributed by atoms with E-state index in [-0.39, 0.29) is 0 Å². The predicted octanol–water partition coefficient (Wildman–Crippen LogP) is -12.8. The minimum atomic E-state index is -2.23. The molecule has 0 aromatic heterocycles. The zero-order valence-electron chi connectivity index (χ0n) is 38.8. The highest BCUT2D eigenvalue weighted by atomic mass is 16.8. The standard InChI is InChI=1S/C40H68N2O30/c1-9-19(48)25(54)28(57)37(64-9)63-8-16-33(23(52)17(35(61)65-16)41-10(2)46)70-36-18(42-11(3)47)24(53)32(14(6-45)68-36)71-40-31(60)34(72-39-30(59)27(56)21(50)13(5-44)67-39)22(51)15(69-40)7-62-38-29(58)26(55)20(49)12(4-43)66-38/h9,12-40,43-45,48-61H,4-8H2,1-3H3,(H,41,46)(H,42,47)/t9-,12+,13+,14+,15+,16+,17+,18+,19+,20+,21+,22+,23+,24+,25+,26-,27-,28-,29-,30-,31-,32+,33+,34-,35?,36-,37?,38-,39+,40-/m0/s1. The molecule has 19 N–H and O–H groups in total. The lowest BCUT2D eigenvalue weighted by atomic mass is 9.94. The molecule has 6 fully saturated rings. The summed E-state index contributed by atoms with van der Waals surface area (Å²) in [6.07, 6.45) is -51.4. The van der Waals surface area contributed by atoms with Gasteiger partial charge >= 0.3 is 0 Å². The van der Waals surface area contributed by atoms with Gasteiger partial charge in [-0.25, -0.2) is 0 Å². The number of aliphatic hydroxyl groups excluding tert-OH is 17. The maximum atomic E-state index is 12.7. The van der Waals surface area contributed by atoms with Gasteiger partial charge in [0.05, 0.1) is 39.1 Å². The molecule has 0 aromatic rings. The fourth-order valence-corrected chi connectivity index (χ4v) is 9.06. The van der Waals surface area contributed by atoms with Crippen LogP contribution in [0.4, 0.5) is 0 Å². The molecule has 0 aliphatic carbocycles. The molecule has 6 heterocycles. The Hall–Kier alpha value is -2.18. The Labute approximate surface area is 408 Å². The van der Waals surface area contributed by atoms with Gasteiger partial charge in [-0.3, -0.25) is 9.59 Å². The van der Waals surface area contributed by atoms with Crippen molar-refractivity contribution >= 4 is 11.8 Å². The third-order valence-corrected chi connectivity index (χ3v) is 13.2. The summed E-state index contributed by atoms with van der Waals surface area (Å²) in [5.41, 5.74) is 0. The number of hydrogen-bond acceptors (Lipinski definition) is 30. The molecule has 0 bridgehead atoms. The summed E-state index contributed by atoms with van der Waals surface area (Å²) in [4.78, 5) is 24.8. The number of carbonyl (C=O) groups excluding carboxylic acids is 2. The second-order valence-electron chi connectivity index (χ2n) is 18.3. The van der Waals surface area contributed by atoms with Gasteiger partial charge in [0.15, 0.2) is 37.7 Å². The van der Waals surface area contributed by atoms with Crippen LogP contribution in [-0.4, -0.2) is 316 Å². The van der Waals surface area contributed by atoms with Gasteiger partial charge in [0.2, 0.25) is 11.8 Å². The summed E-state index contributed by atoms with van der Waals surface area (Å²) in [5.74, 6) is -1.60. The molecule has 418 valence electrons. The molecule has 6 aliphatic heterocycles. The van der Waals surface area contributed by atoms with Crippen LogP contribution >= 0.6 is 0 Å². The first-order valence-corrected chi connectivity index (χ1v) is 23.0. The number of aliphatic hydroxyl groups is 17. The fraction of sp³-hybridized carbons (Fsp3) is 0.950.